The Hall–Kier alpha value is -1.43. The number of hydrazine groups is 1. The van der Waals surface area contributed by atoms with Crippen LogP contribution in [0.5, 0.6) is 0 Å². The van der Waals surface area contributed by atoms with Crippen molar-refractivity contribution >= 4 is 11.6 Å². The van der Waals surface area contributed by atoms with Gasteiger partial charge in [0.15, 0.2) is 0 Å². The molecule has 0 radical (unpaired) electrons. The molecule has 3 N–H and O–H groups in total. The van der Waals surface area contributed by atoms with E-state index in [1.165, 1.54) is 6.07 Å². The summed E-state index contributed by atoms with van der Waals surface area (Å²) in [6, 6.07) is 6.21. The third-order valence-electron chi connectivity index (χ3n) is 3.38. The maximum absolute atomic E-state index is 13.9. The topological polar surface area (TPSA) is 55.9 Å². The molecule has 0 saturated carbocycles. The highest BCUT2D eigenvalue weighted by Gasteiger charge is 2.20. The van der Waals surface area contributed by atoms with Crippen LogP contribution >= 0.6 is 11.6 Å². The highest BCUT2D eigenvalue weighted by molar-refractivity contribution is 6.31. The highest BCUT2D eigenvalue weighted by atomic mass is 35.5. The standard InChI is InChI=1S/C14H18ClFN4/c1-3-11-14(15)13(20(2)19-11)8-12(18-17)9-6-4-5-7-10(9)16/h4-7,12,18H,3,8,17H2,1-2H3. The summed E-state index contributed by atoms with van der Waals surface area (Å²) in [5.41, 5.74) is 4.85. The maximum atomic E-state index is 13.9. The van der Waals surface area contributed by atoms with Crippen molar-refractivity contribution in [3.8, 4) is 0 Å². The first-order valence-corrected chi connectivity index (χ1v) is 6.87. The van der Waals surface area contributed by atoms with Gasteiger partial charge in [-0.05, 0) is 12.5 Å². The van der Waals surface area contributed by atoms with Gasteiger partial charge < -0.3 is 0 Å². The fraction of sp³-hybridized carbons (Fsp3) is 0.357. The van der Waals surface area contributed by atoms with Crippen molar-refractivity contribution in [2.24, 2.45) is 12.9 Å². The molecule has 0 spiro atoms. The predicted octanol–water partition coefficient (Wildman–Crippen LogP) is 2.52. The van der Waals surface area contributed by atoms with Crippen LogP contribution in [0, 0.1) is 5.82 Å². The van der Waals surface area contributed by atoms with Crippen molar-refractivity contribution in [2.75, 3.05) is 0 Å². The Morgan fingerprint density at radius 3 is 2.70 bits per heavy atom. The summed E-state index contributed by atoms with van der Waals surface area (Å²) in [6.45, 7) is 1.99. The van der Waals surface area contributed by atoms with E-state index in [2.05, 4.69) is 10.5 Å². The average molecular weight is 297 g/mol. The molecule has 1 aromatic carbocycles. The molecule has 20 heavy (non-hydrogen) atoms. The summed E-state index contributed by atoms with van der Waals surface area (Å²) in [5.74, 6) is 5.28. The van der Waals surface area contributed by atoms with Gasteiger partial charge >= 0.3 is 0 Å². The first-order valence-electron chi connectivity index (χ1n) is 6.49. The van der Waals surface area contributed by atoms with Crippen molar-refractivity contribution in [3.63, 3.8) is 0 Å². The molecule has 4 nitrogen and oxygen atoms in total. The predicted molar refractivity (Wildman–Crippen MR) is 77.8 cm³/mol. The molecule has 0 saturated heterocycles. The number of nitrogens with zero attached hydrogens (tertiary/aromatic N) is 2. The van der Waals surface area contributed by atoms with Gasteiger partial charge in [0.1, 0.15) is 5.82 Å². The van der Waals surface area contributed by atoms with Gasteiger partial charge in [0.05, 0.1) is 22.5 Å². The summed E-state index contributed by atoms with van der Waals surface area (Å²) < 4.78 is 15.6. The van der Waals surface area contributed by atoms with Gasteiger partial charge in [-0.15, -0.1) is 0 Å². The quantitative estimate of drug-likeness (QED) is 0.658. The first kappa shape index (κ1) is 15.0. The molecule has 2 rings (SSSR count). The molecule has 108 valence electrons. The maximum Gasteiger partial charge on any atom is 0.128 e. The van der Waals surface area contributed by atoms with E-state index in [1.807, 2.05) is 14.0 Å². The summed E-state index contributed by atoms with van der Waals surface area (Å²) in [5, 5.41) is 4.99. The van der Waals surface area contributed by atoms with Gasteiger partial charge in [-0.3, -0.25) is 16.0 Å². The van der Waals surface area contributed by atoms with Crippen molar-refractivity contribution in [2.45, 2.75) is 25.8 Å². The van der Waals surface area contributed by atoms with Gasteiger partial charge in [-0.25, -0.2) is 4.39 Å². The van der Waals surface area contributed by atoms with E-state index in [9.17, 15) is 4.39 Å². The van der Waals surface area contributed by atoms with E-state index in [1.54, 1.807) is 22.9 Å². The van der Waals surface area contributed by atoms with Crippen LogP contribution in [0.4, 0.5) is 4.39 Å². The fourth-order valence-corrected chi connectivity index (χ4v) is 2.62. The van der Waals surface area contributed by atoms with E-state index in [4.69, 9.17) is 17.4 Å². The molecule has 1 unspecified atom stereocenters. The molecule has 0 aliphatic heterocycles. The summed E-state index contributed by atoms with van der Waals surface area (Å²) in [6.07, 6.45) is 1.23. The summed E-state index contributed by atoms with van der Waals surface area (Å²) in [7, 11) is 1.83. The molecular formula is C14H18ClFN4. The van der Waals surface area contributed by atoms with Crippen LogP contribution in [0.2, 0.25) is 5.02 Å². The molecule has 0 amide bonds. The zero-order valence-electron chi connectivity index (χ0n) is 11.5. The molecule has 2 aromatic rings. The third kappa shape index (κ3) is 2.85. The van der Waals surface area contributed by atoms with Gasteiger partial charge in [-0.1, -0.05) is 36.7 Å². The minimum atomic E-state index is -0.353. The van der Waals surface area contributed by atoms with Gasteiger partial charge in [0.2, 0.25) is 0 Å². The number of hydrogen-bond acceptors (Lipinski definition) is 3. The number of nitrogens with two attached hydrogens (primary N) is 1. The monoisotopic (exact) mass is 296 g/mol. The van der Waals surface area contributed by atoms with Crippen molar-refractivity contribution in [3.05, 3.63) is 52.1 Å². The van der Waals surface area contributed by atoms with Crippen LogP contribution in [0.1, 0.15) is 29.9 Å². The lowest BCUT2D eigenvalue weighted by Crippen LogP contribution is -2.30. The number of rotatable bonds is 5. The lowest BCUT2D eigenvalue weighted by molar-refractivity contribution is 0.497. The van der Waals surface area contributed by atoms with Crippen molar-refractivity contribution < 1.29 is 4.39 Å². The lowest BCUT2D eigenvalue weighted by atomic mass is 10.0. The van der Waals surface area contributed by atoms with E-state index in [0.29, 0.717) is 17.0 Å². The van der Waals surface area contributed by atoms with E-state index in [0.717, 1.165) is 17.8 Å². The second-order valence-corrected chi connectivity index (χ2v) is 5.01. The fourth-order valence-electron chi connectivity index (χ4n) is 2.25. The molecule has 0 aliphatic rings. The molecule has 1 heterocycles. The number of aryl methyl sites for hydroxylation is 2. The zero-order valence-corrected chi connectivity index (χ0v) is 12.3. The SMILES string of the molecule is CCc1nn(C)c(CC(NN)c2ccccc2F)c1Cl. The lowest BCUT2D eigenvalue weighted by Gasteiger charge is -2.17. The minimum absolute atomic E-state index is 0.288. The molecule has 1 aromatic heterocycles. The Morgan fingerprint density at radius 1 is 1.45 bits per heavy atom. The molecule has 0 aliphatic carbocycles. The van der Waals surface area contributed by atoms with Gasteiger partial charge in [0.25, 0.3) is 0 Å². The molecule has 6 heteroatoms. The number of aromatic nitrogens is 2. The minimum Gasteiger partial charge on any atom is -0.271 e. The zero-order chi connectivity index (χ0) is 14.7. The number of benzene rings is 1. The van der Waals surface area contributed by atoms with E-state index in [-0.39, 0.29) is 11.9 Å². The highest BCUT2D eigenvalue weighted by Crippen LogP contribution is 2.27. The largest absolute Gasteiger partial charge is 0.271 e. The third-order valence-corrected chi connectivity index (χ3v) is 3.82. The Labute approximate surface area is 122 Å². The van der Waals surface area contributed by atoms with Crippen LogP contribution in [0.3, 0.4) is 0 Å². The van der Waals surface area contributed by atoms with Crippen LogP contribution in [0.15, 0.2) is 24.3 Å². The average Bonchev–Trinajstić information content (AvgIpc) is 2.72. The van der Waals surface area contributed by atoms with Crippen LogP contribution in [-0.2, 0) is 19.9 Å². The smallest absolute Gasteiger partial charge is 0.128 e. The second kappa shape index (κ2) is 6.35. The number of halogens is 2. The Bertz CT molecular complexity index is 597. The molecular weight excluding hydrogens is 279 g/mol. The molecule has 0 bridgehead atoms. The Balaban J connectivity index is 2.32. The van der Waals surface area contributed by atoms with Crippen LogP contribution in [0.25, 0.3) is 0 Å². The van der Waals surface area contributed by atoms with Crippen molar-refractivity contribution in [1.82, 2.24) is 15.2 Å². The number of nitrogens with one attached hydrogen (secondary N) is 1. The van der Waals surface area contributed by atoms with E-state index < -0.39 is 0 Å². The number of hydrogen-bond donors (Lipinski definition) is 2. The molecule has 0 fully saturated rings. The molecule has 1 atom stereocenters. The normalized spacial score (nSPS) is 12.7. The second-order valence-electron chi connectivity index (χ2n) is 4.63. The summed E-state index contributed by atoms with van der Waals surface area (Å²) in [4.78, 5) is 0. The van der Waals surface area contributed by atoms with Gasteiger partial charge in [0, 0.05) is 19.0 Å². The Morgan fingerprint density at radius 2 is 2.15 bits per heavy atom. The Kier molecular flexibility index (Phi) is 4.75. The van der Waals surface area contributed by atoms with Crippen LogP contribution in [-0.4, -0.2) is 9.78 Å². The first-order chi connectivity index (χ1) is 9.58. The van der Waals surface area contributed by atoms with E-state index >= 15 is 0 Å². The van der Waals surface area contributed by atoms with Crippen LogP contribution < -0.4 is 11.3 Å². The summed E-state index contributed by atoms with van der Waals surface area (Å²) >= 11 is 6.31. The van der Waals surface area contributed by atoms with Crippen molar-refractivity contribution in [1.29, 1.82) is 0 Å². The van der Waals surface area contributed by atoms with Gasteiger partial charge in [-0.2, -0.15) is 5.10 Å².